The van der Waals surface area contributed by atoms with E-state index in [4.69, 9.17) is 15.9 Å². The molecule has 4 heteroatoms. The Kier molecular flexibility index (Phi) is 3.62. The lowest BCUT2D eigenvalue weighted by molar-refractivity contribution is -0.137. The van der Waals surface area contributed by atoms with Crippen molar-refractivity contribution >= 4 is 5.97 Å². The summed E-state index contributed by atoms with van der Waals surface area (Å²) in [6.07, 6.45) is -0.0848. The van der Waals surface area contributed by atoms with Crippen LogP contribution in [0.25, 0.3) is 0 Å². The smallest absolute Gasteiger partial charge is 0.305 e. The first-order valence-corrected chi connectivity index (χ1v) is 4.30. The van der Waals surface area contributed by atoms with Crippen LogP contribution in [0.3, 0.4) is 0 Å². The van der Waals surface area contributed by atoms with Crippen LogP contribution in [0, 0.1) is 0 Å². The molecule has 0 fully saturated rings. The molecule has 0 spiro atoms. The molecule has 4 nitrogen and oxygen atoms in total. The largest absolute Gasteiger partial charge is 0.481 e. The molecule has 4 N–H and O–H groups in total. The highest BCUT2D eigenvalue weighted by Crippen LogP contribution is 2.14. The number of aliphatic hydroxyl groups is 1. The predicted octanol–water partition coefficient (Wildman–Crippen LogP) is 0.653. The third-order valence-electron chi connectivity index (χ3n) is 1.98. The Labute approximate surface area is 82.0 Å². The summed E-state index contributed by atoms with van der Waals surface area (Å²) in [5.74, 6) is -0.913. The van der Waals surface area contributed by atoms with Crippen LogP contribution in [-0.4, -0.2) is 16.2 Å². The number of nitrogens with two attached hydrogens (primary N) is 1. The number of aliphatic carboxylic acids is 1. The second-order valence-electron chi connectivity index (χ2n) is 3.10. The summed E-state index contributed by atoms with van der Waals surface area (Å²) in [5.41, 5.74) is 7.20. The van der Waals surface area contributed by atoms with Crippen molar-refractivity contribution in [3.63, 3.8) is 0 Å². The van der Waals surface area contributed by atoms with Crippen molar-refractivity contribution in [2.45, 2.75) is 19.1 Å². The number of benzene rings is 1. The van der Waals surface area contributed by atoms with Gasteiger partial charge in [0.25, 0.3) is 0 Å². The topological polar surface area (TPSA) is 83.6 Å². The molecule has 1 aromatic carbocycles. The van der Waals surface area contributed by atoms with Gasteiger partial charge in [-0.05, 0) is 11.1 Å². The fraction of sp³-hybridized carbons (Fsp3) is 0.300. The quantitative estimate of drug-likeness (QED) is 0.658. The number of carboxylic acids is 1. The standard InChI is InChI=1S/C10H13NO3/c11-9(5-10(13)14)8-3-1-7(6-12)2-4-8/h1-4,9,12H,5-6,11H2,(H,13,14). The minimum atomic E-state index is -0.913. The molecular formula is C10H13NO3. The van der Waals surface area contributed by atoms with Crippen LogP contribution in [0.1, 0.15) is 23.6 Å². The van der Waals surface area contributed by atoms with Gasteiger partial charge in [0.05, 0.1) is 13.0 Å². The van der Waals surface area contributed by atoms with Gasteiger partial charge >= 0.3 is 5.97 Å². The molecule has 0 radical (unpaired) electrons. The Balaban J connectivity index is 2.71. The summed E-state index contributed by atoms with van der Waals surface area (Å²) in [5, 5.41) is 17.3. The van der Waals surface area contributed by atoms with Crippen LogP contribution in [0.2, 0.25) is 0 Å². The van der Waals surface area contributed by atoms with Gasteiger partial charge < -0.3 is 15.9 Å². The lowest BCUT2D eigenvalue weighted by atomic mass is 10.0. The van der Waals surface area contributed by atoms with Crippen molar-refractivity contribution in [1.82, 2.24) is 0 Å². The van der Waals surface area contributed by atoms with Crippen LogP contribution >= 0.6 is 0 Å². The Hall–Kier alpha value is -1.39. The number of rotatable bonds is 4. The summed E-state index contributed by atoms with van der Waals surface area (Å²) in [6.45, 7) is -0.0194. The Morgan fingerprint density at radius 2 is 1.93 bits per heavy atom. The minimum Gasteiger partial charge on any atom is -0.481 e. The number of carboxylic acid groups (broad SMARTS) is 1. The maximum absolute atomic E-state index is 10.4. The van der Waals surface area contributed by atoms with Crippen molar-refractivity contribution in [2.24, 2.45) is 5.73 Å². The molecule has 0 saturated heterocycles. The van der Waals surface area contributed by atoms with Crippen LogP contribution in [-0.2, 0) is 11.4 Å². The van der Waals surface area contributed by atoms with Gasteiger partial charge in [0, 0.05) is 6.04 Å². The molecule has 0 aliphatic heterocycles. The van der Waals surface area contributed by atoms with E-state index in [-0.39, 0.29) is 13.0 Å². The number of carbonyl (C=O) groups is 1. The predicted molar refractivity (Wildman–Crippen MR) is 51.5 cm³/mol. The van der Waals surface area contributed by atoms with E-state index in [1.165, 1.54) is 0 Å². The molecule has 0 aromatic heterocycles. The number of aliphatic hydroxyl groups excluding tert-OH is 1. The first-order valence-electron chi connectivity index (χ1n) is 4.30. The molecular weight excluding hydrogens is 182 g/mol. The highest BCUT2D eigenvalue weighted by Gasteiger charge is 2.09. The zero-order valence-electron chi connectivity index (χ0n) is 7.68. The van der Waals surface area contributed by atoms with Gasteiger partial charge in [-0.25, -0.2) is 0 Å². The van der Waals surface area contributed by atoms with Crippen LogP contribution in [0.4, 0.5) is 0 Å². The SMILES string of the molecule is NC(CC(=O)O)c1ccc(CO)cc1. The molecule has 0 saturated carbocycles. The molecule has 0 aliphatic rings. The molecule has 0 heterocycles. The van der Waals surface area contributed by atoms with E-state index in [2.05, 4.69) is 0 Å². The van der Waals surface area contributed by atoms with Crippen molar-refractivity contribution in [3.8, 4) is 0 Å². The van der Waals surface area contributed by atoms with E-state index in [0.717, 1.165) is 11.1 Å². The molecule has 1 aromatic rings. The van der Waals surface area contributed by atoms with E-state index >= 15 is 0 Å². The van der Waals surface area contributed by atoms with Gasteiger partial charge in [-0.15, -0.1) is 0 Å². The zero-order valence-corrected chi connectivity index (χ0v) is 7.68. The maximum Gasteiger partial charge on any atom is 0.305 e. The summed E-state index contributed by atoms with van der Waals surface area (Å²) in [6, 6.07) is 6.45. The molecule has 14 heavy (non-hydrogen) atoms. The van der Waals surface area contributed by atoms with Gasteiger partial charge in [0.15, 0.2) is 0 Å². The Bertz CT molecular complexity index is 308. The lowest BCUT2D eigenvalue weighted by Crippen LogP contribution is -2.14. The highest BCUT2D eigenvalue weighted by molar-refractivity contribution is 5.67. The summed E-state index contributed by atoms with van der Waals surface area (Å²) < 4.78 is 0. The molecule has 1 atom stereocenters. The van der Waals surface area contributed by atoms with Gasteiger partial charge in [-0.1, -0.05) is 24.3 Å². The first-order chi connectivity index (χ1) is 6.63. The number of hydrogen-bond donors (Lipinski definition) is 3. The average molecular weight is 195 g/mol. The summed E-state index contributed by atoms with van der Waals surface area (Å²) >= 11 is 0. The van der Waals surface area contributed by atoms with Crippen molar-refractivity contribution in [3.05, 3.63) is 35.4 Å². The maximum atomic E-state index is 10.4. The van der Waals surface area contributed by atoms with Crippen LogP contribution < -0.4 is 5.73 Å². The van der Waals surface area contributed by atoms with Gasteiger partial charge in [0.1, 0.15) is 0 Å². The highest BCUT2D eigenvalue weighted by atomic mass is 16.4. The average Bonchev–Trinajstić information content (AvgIpc) is 2.17. The summed E-state index contributed by atoms with van der Waals surface area (Å²) in [7, 11) is 0. The lowest BCUT2D eigenvalue weighted by Gasteiger charge is -2.09. The van der Waals surface area contributed by atoms with Crippen molar-refractivity contribution in [2.75, 3.05) is 0 Å². The van der Waals surface area contributed by atoms with E-state index in [1.807, 2.05) is 0 Å². The zero-order chi connectivity index (χ0) is 10.6. The molecule has 0 amide bonds. The fourth-order valence-electron chi connectivity index (χ4n) is 1.18. The monoisotopic (exact) mass is 195 g/mol. The normalized spacial score (nSPS) is 12.4. The van der Waals surface area contributed by atoms with E-state index in [9.17, 15) is 4.79 Å². The van der Waals surface area contributed by atoms with Gasteiger partial charge in [-0.3, -0.25) is 4.79 Å². The van der Waals surface area contributed by atoms with Gasteiger partial charge in [-0.2, -0.15) is 0 Å². The third kappa shape index (κ3) is 2.83. The second kappa shape index (κ2) is 4.74. The van der Waals surface area contributed by atoms with Crippen LogP contribution in [0.5, 0.6) is 0 Å². The molecule has 0 bridgehead atoms. The van der Waals surface area contributed by atoms with E-state index in [0.29, 0.717) is 0 Å². The fourth-order valence-corrected chi connectivity index (χ4v) is 1.18. The van der Waals surface area contributed by atoms with E-state index < -0.39 is 12.0 Å². The Morgan fingerprint density at radius 1 is 1.36 bits per heavy atom. The molecule has 0 aliphatic carbocycles. The number of hydrogen-bond acceptors (Lipinski definition) is 3. The molecule has 1 unspecified atom stereocenters. The van der Waals surface area contributed by atoms with Crippen molar-refractivity contribution in [1.29, 1.82) is 0 Å². The van der Waals surface area contributed by atoms with Crippen molar-refractivity contribution < 1.29 is 15.0 Å². The minimum absolute atomic E-state index is 0.0194. The summed E-state index contributed by atoms with van der Waals surface area (Å²) in [4.78, 5) is 10.4. The first kappa shape index (κ1) is 10.7. The van der Waals surface area contributed by atoms with E-state index in [1.54, 1.807) is 24.3 Å². The van der Waals surface area contributed by atoms with Crippen LogP contribution in [0.15, 0.2) is 24.3 Å². The third-order valence-corrected chi connectivity index (χ3v) is 1.98. The Morgan fingerprint density at radius 3 is 2.36 bits per heavy atom. The second-order valence-corrected chi connectivity index (χ2v) is 3.10. The molecule has 1 rings (SSSR count). The van der Waals surface area contributed by atoms with Gasteiger partial charge in [0.2, 0.25) is 0 Å². The molecule has 76 valence electrons.